The minimum atomic E-state index is 0. The predicted octanol–water partition coefficient (Wildman–Crippen LogP) is -3.00. The number of halogens is 2. The molecule has 0 heterocycles. The van der Waals surface area contributed by atoms with Gasteiger partial charge in [0.1, 0.15) is 0 Å². The van der Waals surface area contributed by atoms with Gasteiger partial charge in [0.25, 0.3) is 0 Å². The molecule has 5 heteroatoms. The topological polar surface area (TPSA) is 9.23 Å². The van der Waals surface area contributed by atoms with Crippen molar-refractivity contribution < 1.29 is 55.8 Å². The molecule has 0 aliphatic heterocycles. The Labute approximate surface area is 136 Å². The minimum absolute atomic E-state index is 0. The van der Waals surface area contributed by atoms with E-state index in [-0.39, 0.29) is 56.6 Å². The summed E-state index contributed by atoms with van der Waals surface area (Å²) < 4.78 is 5.64. The SMILES string of the molecule is C[SiH2]CCCCCCOC(C)(C)C.[Cl-].[Cl-].[Zr+2]. The molecule has 0 fully saturated rings. The van der Waals surface area contributed by atoms with Crippen LogP contribution in [0.4, 0.5) is 0 Å². The van der Waals surface area contributed by atoms with Gasteiger partial charge in [-0.3, -0.25) is 0 Å². The van der Waals surface area contributed by atoms with Gasteiger partial charge in [-0.1, -0.05) is 31.9 Å². The Morgan fingerprint density at radius 1 is 0.938 bits per heavy atom. The molecule has 0 spiro atoms. The van der Waals surface area contributed by atoms with Crippen LogP contribution in [-0.4, -0.2) is 21.7 Å². The standard InChI is InChI=1S/C11H26OSi.2ClH.Zr/c1-11(2,3)12-9-7-5-6-8-10-13-4;;;/h5-10,13H2,1-4H3;2*1H;/q;;;+2/p-2. The minimum Gasteiger partial charge on any atom is -1.00 e. The molecular formula is C11H26Cl2OSiZr. The van der Waals surface area contributed by atoms with Crippen LogP contribution in [-0.2, 0) is 30.9 Å². The van der Waals surface area contributed by atoms with E-state index in [1.54, 1.807) is 0 Å². The van der Waals surface area contributed by atoms with Crippen LogP contribution in [0, 0.1) is 0 Å². The average molecular weight is 365 g/mol. The normalized spacial score (nSPS) is 10.5. The summed E-state index contributed by atoms with van der Waals surface area (Å²) in [6.07, 6.45) is 5.46. The maximum absolute atomic E-state index is 5.64. The van der Waals surface area contributed by atoms with Gasteiger partial charge < -0.3 is 29.6 Å². The van der Waals surface area contributed by atoms with E-state index in [0.29, 0.717) is 9.52 Å². The molecule has 0 saturated carbocycles. The fourth-order valence-corrected chi connectivity index (χ4v) is 2.11. The third kappa shape index (κ3) is 24.7. The van der Waals surface area contributed by atoms with E-state index in [2.05, 4.69) is 27.3 Å². The van der Waals surface area contributed by atoms with Gasteiger partial charge in [0.15, 0.2) is 0 Å². The molecule has 0 N–H and O–H groups in total. The third-order valence-electron chi connectivity index (χ3n) is 2.03. The first kappa shape index (κ1) is 26.3. The van der Waals surface area contributed by atoms with Gasteiger partial charge in [-0.15, -0.1) is 0 Å². The molecule has 0 aromatic heterocycles. The van der Waals surface area contributed by atoms with Crippen molar-refractivity contribution in [3.8, 4) is 0 Å². The van der Waals surface area contributed by atoms with Crippen molar-refractivity contribution in [2.45, 2.75) is 64.6 Å². The van der Waals surface area contributed by atoms with E-state index >= 15 is 0 Å². The molecule has 0 aliphatic carbocycles. The number of hydrogen-bond donors (Lipinski definition) is 0. The van der Waals surface area contributed by atoms with Gasteiger partial charge in [0.05, 0.1) is 5.60 Å². The molecule has 0 radical (unpaired) electrons. The number of hydrogen-bond acceptors (Lipinski definition) is 1. The molecule has 1 nitrogen and oxygen atoms in total. The Morgan fingerprint density at radius 2 is 1.44 bits per heavy atom. The molecule has 16 heavy (non-hydrogen) atoms. The molecule has 0 saturated heterocycles. The summed E-state index contributed by atoms with van der Waals surface area (Å²) >= 11 is 0. The zero-order valence-electron chi connectivity index (χ0n) is 11.1. The van der Waals surface area contributed by atoms with Crippen LogP contribution in [0.1, 0.15) is 46.5 Å². The Bertz CT molecular complexity index is 121. The van der Waals surface area contributed by atoms with Gasteiger partial charge in [-0.25, -0.2) is 0 Å². The van der Waals surface area contributed by atoms with Gasteiger partial charge in [-0.05, 0) is 27.2 Å². The van der Waals surface area contributed by atoms with Crippen molar-refractivity contribution in [2.75, 3.05) is 6.61 Å². The Hall–Kier alpha value is 1.64. The van der Waals surface area contributed by atoms with Crippen molar-refractivity contribution in [1.29, 1.82) is 0 Å². The molecule has 0 unspecified atom stereocenters. The molecule has 0 bridgehead atoms. The smallest absolute Gasteiger partial charge is 1.00 e. The fourth-order valence-electron chi connectivity index (χ4n) is 1.26. The maximum atomic E-state index is 5.64. The van der Waals surface area contributed by atoms with Crippen molar-refractivity contribution >= 4 is 9.52 Å². The second kappa shape index (κ2) is 16.6. The summed E-state index contributed by atoms with van der Waals surface area (Å²) in [4.78, 5) is 0. The molecule has 98 valence electrons. The van der Waals surface area contributed by atoms with E-state index in [9.17, 15) is 0 Å². The van der Waals surface area contributed by atoms with Crippen LogP contribution >= 0.6 is 0 Å². The van der Waals surface area contributed by atoms with Gasteiger partial charge >= 0.3 is 26.2 Å². The zero-order valence-corrected chi connectivity index (χ0v) is 16.5. The van der Waals surface area contributed by atoms with Gasteiger partial charge in [-0.2, -0.15) is 0 Å². The average Bonchev–Trinajstić information content (AvgIpc) is 2.01. The molecule has 0 aromatic carbocycles. The largest absolute Gasteiger partial charge is 2.00 e. The first-order valence-electron chi connectivity index (χ1n) is 5.70. The van der Waals surface area contributed by atoms with Crippen molar-refractivity contribution in [2.24, 2.45) is 0 Å². The van der Waals surface area contributed by atoms with Crippen molar-refractivity contribution in [1.82, 2.24) is 0 Å². The van der Waals surface area contributed by atoms with E-state index in [0.717, 1.165) is 6.61 Å². The third-order valence-corrected chi connectivity index (χ3v) is 3.24. The van der Waals surface area contributed by atoms with Crippen LogP contribution < -0.4 is 24.8 Å². The maximum Gasteiger partial charge on any atom is 2.00 e. The number of unbranched alkanes of at least 4 members (excludes halogenated alkanes) is 3. The van der Waals surface area contributed by atoms with Crippen LogP contribution in [0.25, 0.3) is 0 Å². The number of rotatable bonds is 7. The van der Waals surface area contributed by atoms with E-state index in [1.165, 1.54) is 31.7 Å². The molecule has 0 amide bonds. The Kier molecular flexibility index (Phi) is 27.3. The summed E-state index contributed by atoms with van der Waals surface area (Å²) in [5.41, 5.74) is 0.0519. The Morgan fingerprint density at radius 3 is 1.88 bits per heavy atom. The first-order valence-corrected chi connectivity index (χ1v) is 8.11. The summed E-state index contributed by atoms with van der Waals surface area (Å²) in [5, 5.41) is 0. The van der Waals surface area contributed by atoms with Crippen molar-refractivity contribution in [3.63, 3.8) is 0 Å². The summed E-state index contributed by atoms with van der Waals surface area (Å²) in [5.74, 6) is 0. The first-order chi connectivity index (χ1) is 6.06. The zero-order chi connectivity index (χ0) is 10.2. The van der Waals surface area contributed by atoms with Gasteiger partial charge in [0.2, 0.25) is 0 Å². The Balaban J connectivity index is -0.000000240. The molecular weight excluding hydrogens is 338 g/mol. The van der Waals surface area contributed by atoms with Crippen LogP contribution in [0.5, 0.6) is 0 Å². The summed E-state index contributed by atoms with van der Waals surface area (Å²) in [6, 6.07) is 1.53. The van der Waals surface area contributed by atoms with Crippen LogP contribution in [0.3, 0.4) is 0 Å². The van der Waals surface area contributed by atoms with Crippen LogP contribution in [0.2, 0.25) is 12.6 Å². The van der Waals surface area contributed by atoms with Gasteiger partial charge in [0, 0.05) is 16.1 Å². The molecule has 0 aliphatic rings. The quantitative estimate of drug-likeness (QED) is 0.346. The monoisotopic (exact) mass is 362 g/mol. The van der Waals surface area contributed by atoms with E-state index in [4.69, 9.17) is 4.74 Å². The van der Waals surface area contributed by atoms with E-state index in [1.807, 2.05) is 0 Å². The molecule has 0 aromatic rings. The van der Waals surface area contributed by atoms with Crippen LogP contribution in [0.15, 0.2) is 0 Å². The van der Waals surface area contributed by atoms with E-state index < -0.39 is 0 Å². The molecule has 0 rings (SSSR count). The predicted molar refractivity (Wildman–Crippen MR) is 63.4 cm³/mol. The second-order valence-corrected chi connectivity index (χ2v) is 6.44. The second-order valence-electron chi connectivity index (χ2n) is 4.73. The summed E-state index contributed by atoms with van der Waals surface area (Å²) in [7, 11) is 0.321. The fraction of sp³-hybridized carbons (Fsp3) is 1.00. The van der Waals surface area contributed by atoms with Crippen molar-refractivity contribution in [3.05, 3.63) is 0 Å². The molecule has 0 atom stereocenters. The summed E-state index contributed by atoms with van der Waals surface area (Å²) in [6.45, 7) is 9.69. The number of ether oxygens (including phenoxy) is 1.